The quantitative estimate of drug-likeness (QED) is 0.829. The van der Waals surface area contributed by atoms with Crippen molar-refractivity contribution in [2.45, 2.75) is 36.6 Å². The molecule has 1 aromatic carbocycles. The third-order valence-corrected chi connectivity index (χ3v) is 5.29. The molecule has 0 aromatic heterocycles. The predicted octanol–water partition coefficient (Wildman–Crippen LogP) is 3.22. The molecule has 0 saturated carbocycles. The van der Waals surface area contributed by atoms with Crippen molar-refractivity contribution < 1.29 is 19.4 Å². The molecule has 1 aromatic rings. The SMILES string of the molecule is CC(=O)[C@]1(c2ccc(Cl)cc2)N[C@@H](OC(=O)O)C(C)(C)S1. The van der Waals surface area contributed by atoms with Crippen molar-refractivity contribution in [3.63, 3.8) is 0 Å². The number of benzene rings is 1. The van der Waals surface area contributed by atoms with Gasteiger partial charge in [0.05, 0.1) is 4.75 Å². The van der Waals surface area contributed by atoms with Crippen molar-refractivity contribution in [3.05, 3.63) is 34.9 Å². The average molecular weight is 330 g/mol. The number of Topliss-reactive ketones (excluding diaryl/α,β-unsaturated/α-hetero) is 1. The topological polar surface area (TPSA) is 75.6 Å². The molecule has 1 aliphatic rings. The Labute approximate surface area is 132 Å². The number of ether oxygens (including phenoxy) is 1. The standard InChI is InChI=1S/C14H16ClNO4S/c1-8(17)14(9-4-6-10(15)7-5-9)16-11(20-12(18)19)13(2,3)21-14/h4-7,11,16H,1-3H3,(H,18,19)/t11-,14-/m0/s1. The molecule has 114 valence electrons. The van der Waals surface area contributed by atoms with Gasteiger partial charge in [0.1, 0.15) is 0 Å². The van der Waals surface area contributed by atoms with Crippen molar-refractivity contribution in [2.24, 2.45) is 0 Å². The molecule has 1 aliphatic heterocycles. The minimum absolute atomic E-state index is 0.126. The molecule has 2 N–H and O–H groups in total. The van der Waals surface area contributed by atoms with Crippen molar-refractivity contribution in [2.75, 3.05) is 0 Å². The molecule has 21 heavy (non-hydrogen) atoms. The lowest BCUT2D eigenvalue weighted by atomic mass is 10.0. The highest BCUT2D eigenvalue weighted by Crippen LogP contribution is 2.51. The minimum atomic E-state index is -1.38. The highest BCUT2D eigenvalue weighted by Gasteiger charge is 2.55. The molecule has 2 rings (SSSR count). The summed E-state index contributed by atoms with van der Waals surface area (Å²) in [4.78, 5) is 22.0. The Morgan fingerprint density at radius 2 is 1.90 bits per heavy atom. The van der Waals surface area contributed by atoms with E-state index in [0.29, 0.717) is 10.6 Å². The maximum absolute atomic E-state index is 12.3. The van der Waals surface area contributed by atoms with E-state index in [-0.39, 0.29) is 5.78 Å². The summed E-state index contributed by atoms with van der Waals surface area (Å²) in [6.07, 6.45) is -2.17. The largest absolute Gasteiger partial charge is 0.507 e. The fourth-order valence-electron chi connectivity index (χ4n) is 2.31. The number of thioether (sulfide) groups is 1. The van der Waals surface area contributed by atoms with Gasteiger partial charge < -0.3 is 9.84 Å². The van der Waals surface area contributed by atoms with Gasteiger partial charge in [0.25, 0.3) is 0 Å². The summed E-state index contributed by atoms with van der Waals surface area (Å²) in [5.41, 5.74) is 0.717. The third kappa shape index (κ3) is 3.02. The van der Waals surface area contributed by atoms with E-state index in [4.69, 9.17) is 21.4 Å². The normalized spacial score (nSPS) is 27.3. The molecule has 0 unspecified atom stereocenters. The molecule has 0 amide bonds. The van der Waals surface area contributed by atoms with Gasteiger partial charge in [-0.15, -0.1) is 11.8 Å². The van der Waals surface area contributed by atoms with Crippen LogP contribution >= 0.6 is 23.4 Å². The van der Waals surface area contributed by atoms with Gasteiger partial charge >= 0.3 is 6.16 Å². The van der Waals surface area contributed by atoms with Gasteiger partial charge in [0, 0.05) is 5.02 Å². The first-order valence-corrected chi connectivity index (χ1v) is 7.51. The van der Waals surface area contributed by atoms with E-state index in [1.54, 1.807) is 24.3 Å². The Morgan fingerprint density at radius 3 is 2.38 bits per heavy atom. The van der Waals surface area contributed by atoms with Gasteiger partial charge in [0.15, 0.2) is 16.9 Å². The van der Waals surface area contributed by atoms with Gasteiger partial charge in [-0.3, -0.25) is 10.1 Å². The number of ketones is 1. The Hall–Kier alpha value is -1.24. The summed E-state index contributed by atoms with van der Waals surface area (Å²) in [7, 11) is 0. The van der Waals surface area contributed by atoms with Crippen LogP contribution in [-0.4, -0.2) is 28.0 Å². The Morgan fingerprint density at radius 1 is 1.33 bits per heavy atom. The number of carbonyl (C=O) groups is 2. The summed E-state index contributed by atoms with van der Waals surface area (Å²) < 4.78 is 4.29. The molecule has 2 atom stereocenters. The maximum atomic E-state index is 12.3. The summed E-state index contributed by atoms with van der Waals surface area (Å²) in [5, 5.41) is 12.4. The average Bonchev–Trinajstić information content (AvgIpc) is 2.62. The number of hydrogen-bond donors (Lipinski definition) is 2. The number of nitrogens with one attached hydrogen (secondary N) is 1. The highest BCUT2D eigenvalue weighted by molar-refractivity contribution is 8.02. The second-order valence-electron chi connectivity index (χ2n) is 5.36. The van der Waals surface area contributed by atoms with E-state index in [1.807, 2.05) is 13.8 Å². The van der Waals surface area contributed by atoms with Crippen LogP contribution in [0.2, 0.25) is 5.02 Å². The zero-order valence-corrected chi connectivity index (χ0v) is 13.4. The summed E-state index contributed by atoms with van der Waals surface area (Å²) >= 11 is 7.22. The molecule has 0 aliphatic carbocycles. The Bertz CT molecular complexity index is 575. The highest BCUT2D eigenvalue weighted by atomic mass is 35.5. The summed E-state index contributed by atoms with van der Waals surface area (Å²) in [6, 6.07) is 6.90. The Balaban J connectivity index is 2.43. The second kappa shape index (κ2) is 5.51. The number of carbonyl (C=O) groups excluding carboxylic acids is 1. The molecule has 0 radical (unpaired) electrons. The van der Waals surface area contributed by atoms with Crippen LogP contribution in [0, 0.1) is 0 Å². The molecule has 1 heterocycles. The van der Waals surface area contributed by atoms with E-state index in [1.165, 1.54) is 18.7 Å². The first kappa shape index (κ1) is 16.1. The first-order valence-electron chi connectivity index (χ1n) is 6.32. The van der Waals surface area contributed by atoms with Crippen LogP contribution in [0.5, 0.6) is 0 Å². The molecular formula is C14H16ClNO4S. The fourth-order valence-corrected chi connectivity index (χ4v) is 4.00. The second-order valence-corrected chi connectivity index (χ2v) is 7.66. The fraction of sp³-hybridized carbons (Fsp3) is 0.429. The van der Waals surface area contributed by atoms with Gasteiger partial charge in [-0.25, -0.2) is 4.79 Å². The van der Waals surface area contributed by atoms with Crippen LogP contribution < -0.4 is 5.32 Å². The number of rotatable bonds is 3. The number of hydrogen-bond acceptors (Lipinski definition) is 5. The third-order valence-electron chi connectivity index (χ3n) is 3.35. The van der Waals surface area contributed by atoms with Gasteiger partial charge in [-0.05, 0) is 38.5 Å². The van der Waals surface area contributed by atoms with Crippen LogP contribution in [0.15, 0.2) is 24.3 Å². The van der Waals surface area contributed by atoms with Crippen LogP contribution in [0.4, 0.5) is 4.79 Å². The van der Waals surface area contributed by atoms with E-state index in [0.717, 1.165) is 0 Å². The zero-order chi connectivity index (χ0) is 15.8. The smallest absolute Gasteiger partial charge is 0.450 e. The summed E-state index contributed by atoms with van der Waals surface area (Å²) in [5.74, 6) is -0.126. The van der Waals surface area contributed by atoms with Gasteiger partial charge in [0.2, 0.25) is 0 Å². The molecule has 0 spiro atoms. The van der Waals surface area contributed by atoms with Crippen molar-refractivity contribution in [1.29, 1.82) is 0 Å². The molecule has 5 nitrogen and oxygen atoms in total. The van der Waals surface area contributed by atoms with Crippen LogP contribution in [0.1, 0.15) is 26.3 Å². The molecule has 7 heteroatoms. The van der Waals surface area contributed by atoms with Gasteiger partial charge in [-0.1, -0.05) is 23.7 Å². The van der Waals surface area contributed by atoms with E-state index in [2.05, 4.69) is 5.32 Å². The van der Waals surface area contributed by atoms with Gasteiger partial charge in [-0.2, -0.15) is 0 Å². The molecular weight excluding hydrogens is 314 g/mol. The molecule has 1 fully saturated rings. The van der Waals surface area contributed by atoms with E-state index in [9.17, 15) is 9.59 Å². The van der Waals surface area contributed by atoms with E-state index >= 15 is 0 Å². The maximum Gasteiger partial charge on any atom is 0.507 e. The van der Waals surface area contributed by atoms with Crippen molar-refractivity contribution >= 4 is 35.3 Å². The number of carboxylic acid groups (broad SMARTS) is 1. The van der Waals surface area contributed by atoms with Crippen LogP contribution in [0.3, 0.4) is 0 Å². The lowest BCUT2D eigenvalue weighted by Gasteiger charge is -2.27. The Kier molecular flexibility index (Phi) is 4.24. The van der Waals surface area contributed by atoms with E-state index < -0.39 is 22.0 Å². The monoisotopic (exact) mass is 329 g/mol. The molecule has 1 saturated heterocycles. The zero-order valence-electron chi connectivity index (χ0n) is 11.8. The lowest BCUT2D eigenvalue weighted by molar-refractivity contribution is -0.121. The van der Waals surface area contributed by atoms with Crippen molar-refractivity contribution in [3.8, 4) is 0 Å². The minimum Gasteiger partial charge on any atom is -0.450 e. The van der Waals surface area contributed by atoms with Crippen LogP contribution in [0.25, 0.3) is 0 Å². The molecule has 0 bridgehead atoms. The van der Waals surface area contributed by atoms with Crippen LogP contribution in [-0.2, 0) is 14.4 Å². The predicted molar refractivity (Wildman–Crippen MR) is 81.5 cm³/mol. The summed E-state index contributed by atoms with van der Waals surface area (Å²) in [6.45, 7) is 5.13. The lowest BCUT2D eigenvalue weighted by Crippen LogP contribution is -2.48. The van der Waals surface area contributed by atoms with Crippen molar-refractivity contribution in [1.82, 2.24) is 5.32 Å². The number of halogens is 1. The first-order chi connectivity index (χ1) is 9.67.